The SMILES string of the molecule is CCOc1ccc(C(=O)NCCc2ccc(F)cc2F)cc1C. The molecule has 1 N–H and O–H groups in total. The zero-order chi connectivity index (χ0) is 16.8. The quantitative estimate of drug-likeness (QED) is 0.883. The molecule has 0 heterocycles. The Hall–Kier alpha value is -2.43. The van der Waals surface area contributed by atoms with Crippen molar-refractivity contribution in [3.63, 3.8) is 0 Å². The van der Waals surface area contributed by atoms with Crippen molar-refractivity contribution in [2.45, 2.75) is 20.3 Å². The predicted octanol–water partition coefficient (Wildman–Crippen LogP) is 3.64. The molecule has 0 saturated carbocycles. The maximum Gasteiger partial charge on any atom is 0.251 e. The molecule has 2 aromatic carbocycles. The van der Waals surface area contributed by atoms with Crippen molar-refractivity contribution in [2.75, 3.05) is 13.2 Å². The van der Waals surface area contributed by atoms with Gasteiger partial charge in [0.05, 0.1) is 6.61 Å². The minimum Gasteiger partial charge on any atom is -0.494 e. The number of carbonyl (C=O) groups is 1. The van der Waals surface area contributed by atoms with Crippen LogP contribution in [-0.4, -0.2) is 19.1 Å². The summed E-state index contributed by atoms with van der Waals surface area (Å²) in [5.74, 6) is -0.701. The number of halogens is 2. The van der Waals surface area contributed by atoms with Crippen molar-refractivity contribution in [3.05, 3.63) is 64.7 Å². The largest absolute Gasteiger partial charge is 0.494 e. The molecular weight excluding hydrogens is 300 g/mol. The van der Waals surface area contributed by atoms with E-state index in [4.69, 9.17) is 4.74 Å². The van der Waals surface area contributed by atoms with E-state index in [2.05, 4.69) is 5.32 Å². The summed E-state index contributed by atoms with van der Waals surface area (Å²) in [6.45, 7) is 4.60. The summed E-state index contributed by atoms with van der Waals surface area (Å²) < 4.78 is 31.8. The van der Waals surface area contributed by atoms with E-state index in [9.17, 15) is 13.6 Å². The minimum atomic E-state index is -0.611. The second-order valence-electron chi connectivity index (χ2n) is 5.15. The number of aryl methyl sites for hydroxylation is 1. The Morgan fingerprint density at radius 1 is 1.17 bits per heavy atom. The van der Waals surface area contributed by atoms with Gasteiger partial charge in [-0.3, -0.25) is 4.79 Å². The van der Waals surface area contributed by atoms with Gasteiger partial charge in [0.2, 0.25) is 0 Å². The first-order valence-electron chi connectivity index (χ1n) is 7.47. The normalized spacial score (nSPS) is 10.4. The Morgan fingerprint density at radius 3 is 2.61 bits per heavy atom. The molecule has 5 heteroatoms. The van der Waals surface area contributed by atoms with Crippen LogP contribution < -0.4 is 10.1 Å². The van der Waals surface area contributed by atoms with Crippen LogP contribution in [0.1, 0.15) is 28.4 Å². The van der Waals surface area contributed by atoms with E-state index in [-0.39, 0.29) is 12.5 Å². The van der Waals surface area contributed by atoms with Crippen LogP contribution in [0.4, 0.5) is 8.78 Å². The summed E-state index contributed by atoms with van der Waals surface area (Å²) in [6.07, 6.45) is 0.299. The minimum absolute atomic E-state index is 0.237. The fourth-order valence-corrected chi connectivity index (χ4v) is 2.25. The molecule has 0 aliphatic carbocycles. The van der Waals surface area contributed by atoms with Crippen LogP contribution in [0.3, 0.4) is 0 Å². The van der Waals surface area contributed by atoms with Gasteiger partial charge in [-0.05, 0) is 55.7 Å². The van der Waals surface area contributed by atoms with Crippen LogP contribution in [-0.2, 0) is 6.42 Å². The molecule has 2 rings (SSSR count). The van der Waals surface area contributed by atoms with Crippen molar-refractivity contribution in [1.29, 1.82) is 0 Å². The summed E-state index contributed by atoms with van der Waals surface area (Å²) in [5.41, 5.74) is 1.77. The second-order valence-corrected chi connectivity index (χ2v) is 5.15. The third-order valence-corrected chi connectivity index (χ3v) is 3.43. The smallest absolute Gasteiger partial charge is 0.251 e. The topological polar surface area (TPSA) is 38.3 Å². The van der Waals surface area contributed by atoms with Gasteiger partial charge in [0, 0.05) is 18.2 Å². The maximum atomic E-state index is 13.5. The van der Waals surface area contributed by atoms with Gasteiger partial charge in [0.25, 0.3) is 5.91 Å². The van der Waals surface area contributed by atoms with Gasteiger partial charge in [-0.25, -0.2) is 8.78 Å². The molecule has 1 amide bonds. The van der Waals surface area contributed by atoms with Crippen molar-refractivity contribution in [1.82, 2.24) is 5.32 Å². The van der Waals surface area contributed by atoms with E-state index in [0.717, 1.165) is 17.4 Å². The highest BCUT2D eigenvalue weighted by Gasteiger charge is 2.09. The lowest BCUT2D eigenvalue weighted by Gasteiger charge is -2.10. The summed E-state index contributed by atoms with van der Waals surface area (Å²) in [4.78, 5) is 12.1. The zero-order valence-electron chi connectivity index (χ0n) is 13.2. The van der Waals surface area contributed by atoms with Gasteiger partial charge >= 0.3 is 0 Å². The van der Waals surface area contributed by atoms with E-state index < -0.39 is 11.6 Å². The number of ether oxygens (including phenoxy) is 1. The van der Waals surface area contributed by atoms with Crippen molar-refractivity contribution < 1.29 is 18.3 Å². The number of benzene rings is 2. The molecule has 122 valence electrons. The number of rotatable bonds is 6. The van der Waals surface area contributed by atoms with Gasteiger partial charge in [-0.1, -0.05) is 6.07 Å². The maximum absolute atomic E-state index is 13.5. The van der Waals surface area contributed by atoms with Gasteiger partial charge < -0.3 is 10.1 Å². The second kappa shape index (κ2) is 7.72. The fraction of sp³-hybridized carbons (Fsp3) is 0.278. The van der Waals surface area contributed by atoms with E-state index in [1.165, 1.54) is 12.1 Å². The molecule has 0 fully saturated rings. The summed E-state index contributed by atoms with van der Waals surface area (Å²) >= 11 is 0. The molecule has 0 spiro atoms. The molecule has 0 aliphatic heterocycles. The Bertz CT molecular complexity index is 701. The third kappa shape index (κ3) is 4.52. The lowest BCUT2D eigenvalue weighted by Crippen LogP contribution is -2.26. The van der Waals surface area contributed by atoms with Gasteiger partial charge in [-0.15, -0.1) is 0 Å². The van der Waals surface area contributed by atoms with Crippen LogP contribution >= 0.6 is 0 Å². The number of amides is 1. The number of hydrogen-bond donors (Lipinski definition) is 1. The molecule has 0 unspecified atom stereocenters. The van der Waals surface area contributed by atoms with E-state index >= 15 is 0 Å². The zero-order valence-corrected chi connectivity index (χ0v) is 13.2. The van der Waals surface area contributed by atoms with E-state index in [0.29, 0.717) is 24.2 Å². The summed E-state index contributed by atoms with van der Waals surface area (Å²) in [7, 11) is 0. The van der Waals surface area contributed by atoms with Gasteiger partial charge in [0.1, 0.15) is 17.4 Å². The monoisotopic (exact) mass is 319 g/mol. The Kier molecular flexibility index (Phi) is 5.68. The Balaban J connectivity index is 1.93. The average Bonchev–Trinajstić information content (AvgIpc) is 2.51. The van der Waals surface area contributed by atoms with Crippen LogP contribution in [0.25, 0.3) is 0 Å². The van der Waals surface area contributed by atoms with Crippen LogP contribution in [0.2, 0.25) is 0 Å². The molecule has 23 heavy (non-hydrogen) atoms. The molecule has 0 bridgehead atoms. The first kappa shape index (κ1) is 16.9. The first-order valence-corrected chi connectivity index (χ1v) is 7.47. The van der Waals surface area contributed by atoms with E-state index in [1.54, 1.807) is 18.2 Å². The molecule has 3 nitrogen and oxygen atoms in total. The van der Waals surface area contributed by atoms with Crippen molar-refractivity contribution >= 4 is 5.91 Å². The molecule has 0 radical (unpaired) electrons. The van der Waals surface area contributed by atoms with Crippen molar-refractivity contribution in [2.24, 2.45) is 0 Å². The Labute approximate surface area is 134 Å². The molecular formula is C18H19F2NO2. The Morgan fingerprint density at radius 2 is 1.96 bits per heavy atom. The highest BCUT2D eigenvalue weighted by Crippen LogP contribution is 2.19. The van der Waals surface area contributed by atoms with Crippen LogP contribution in [0.15, 0.2) is 36.4 Å². The molecule has 2 aromatic rings. The van der Waals surface area contributed by atoms with Gasteiger partial charge in [-0.2, -0.15) is 0 Å². The van der Waals surface area contributed by atoms with Crippen LogP contribution in [0.5, 0.6) is 5.75 Å². The van der Waals surface area contributed by atoms with Crippen LogP contribution in [0, 0.1) is 18.6 Å². The highest BCUT2D eigenvalue weighted by molar-refractivity contribution is 5.94. The molecule has 0 aromatic heterocycles. The van der Waals surface area contributed by atoms with E-state index in [1.807, 2.05) is 13.8 Å². The van der Waals surface area contributed by atoms with Crippen molar-refractivity contribution in [3.8, 4) is 5.75 Å². The third-order valence-electron chi connectivity index (χ3n) is 3.43. The fourth-order valence-electron chi connectivity index (χ4n) is 2.25. The summed E-state index contributed by atoms with van der Waals surface area (Å²) in [6, 6.07) is 8.62. The first-order chi connectivity index (χ1) is 11.0. The molecule has 0 saturated heterocycles. The average molecular weight is 319 g/mol. The number of hydrogen-bond acceptors (Lipinski definition) is 2. The molecule has 0 atom stereocenters. The number of carbonyl (C=O) groups excluding carboxylic acids is 1. The van der Waals surface area contributed by atoms with Gasteiger partial charge in [0.15, 0.2) is 0 Å². The predicted molar refractivity (Wildman–Crippen MR) is 84.7 cm³/mol. The lowest BCUT2D eigenvalue weighted by molar-refractivity contribution is 0.0954. The highest BCUT2D eigenvalue weighted by atomic mass is 19.1. The molecule has 0 aliphatic rings. The summed E-state index contributed by atoms with van der Waals surface area (Å²) in [5, 5.41) is 2.73. The lowest BCUT2D eigenvalue weighted by atomic mass is 10.1. The standard InChI is InChI=1S/C18H19F2NO2/c1-3-23-17-7-5-14(10-12(17)2)18(22)21-9-8-13-4-6-15(19)11-16(13)20/h4-7,10-11H,3,8-9H2,1-2H3,(H,21,22). The number of nitrogens with one attached hydrogen (secondary N) is 1.